The Labute approximate surface area is 90.3 Å². The first kappa shape index (κ1) is 9.97. The zero-order valence-electron chi connectivity index (χ0n) is 8.89. The quantitative estimate of drug-likeness (QED) is 0.736. The fraction of sp³-hybridized carbons (Fsp3) is 0.308. The predicted octanol–water partition coefficient (Wildman–Crippen LogP) is 2.98. The van der Waals surface area contributed by atoms with Gasteiger partial charge in [-0.1, -0.05) is 23.8 Å². The second-order valence-corrected chi connectivity index (χ2v) is 3.80. The minimum Gasteiger partial charge on any atom is -0.493 e. The van der Waals surface area contributed by atoms with Crippen LogP contribution in [0.25, 0.3) is 0 Å². The van der Waals surface area contributed by atoms with Gasteiger partial charge in [0.05, 0.1) is 6.61 Å². The van der Waals surface area contributed by atoms with Crippen LogP contribution in [-0.2, 0) is 0 Å². The molecule has 1 aromatic carbocycles. The Morgan fingerprint density at radius 3 is 2.80 bits per heavy atom. The van der Waals surface area contributed by atoms with Crippen LogP contribution in [0.2, 0.25) is 0 Å². The van der Waals surface area contributed by atoms with Crippen LogP contribution in [0.4, 0.5) is 0 Å². The van der Waals surface area contributed by atoms with Crippen LogP contribution in [0.15, 0.2) is 41.5 Å². The van der Waals surface area contributed by atoms with Crippen LogP contribution >= 0.6 is 0 Å². The van der Waals surface area contributed by atoms with E-state index >= 15 is 0 Å². The molecule has 15 heavy (non-hydrogen) atoms. The summed E-state index contributed by atoms with van der Waals surface area (Å²) in [6.45, 7) is 2.78. The maximum Gasteiger partial charge on any atom is 0.119 e. The van der Waals surface area contributed by atoms with E-state index in [1.807, 2.05) is 24.5 Å². The molecule has 2 nitrogen and oxygen atoms in total. The fourth-order valence-corrected chi connectivity index (χ4v) is 1.48. The molecule has 0 radical (unpaired) electrons. The number of ether oxygens (including phenoxy) is 1. The highest BCUT2D eigenvalue weighted by Gasteiger charge is 2.06. The van der Waals surface area contributed by atoms with Crippen molar-refractivity contribution in [2.45, 2.75) is 13.3 Å². The lowest BCUT2D eigenvalue weighted by molar-refractivity contribution is 0.287. The second-order valence-electron chi connectivity index (χ2n) is 3.80. The van der Waals surface area contributed by atoms with E-state index in [-0.39, 0.29) is 0 Å². The lowest BCUT2D eigenvalue weighted by Crippen LogP contribution is -2.14. The van der Waals surface area contributed by atoms with Gasteiger partial charge in [0.15, 0.2) is 0 Å². The van der Waals surface area contributed by atoms with E-state index in [4.69, 9.17) is 4.74 Å². The van der Waals surface area contributed by atoms with Crippen molar-refractivity contribution >= 4 is 6.21 Å². The SMILES string of the molecule is Cc1ccc(OCC2C=NC=CC2)cc1. The topological polar surface area (TPSA) is 21.6 Å². The summed E-state index contributed by atoms with van der Waals surface area (Å²) in [5, 5.41) is 0. The van der Waals surface area contributed by atoms with Crippen LogP contribution < -0.4 is 4.74 Å². The minimum atomic E-state index is 0.413. The Balaban J connectivity index is 1.85. The normalized spacial score (nSPS) is 19.1. The molecule has 1 aliphatic heterocycles. The fourth-order valence-electron chi connectivity index (χ4n) is 1.48. The van der Waals surface area contributed by atoms with E-state index in [0.29, 0.717) is 12.5 Å². The standard InChI is InChI=1S/C13H15NO/c1-11-4-6-13(7-5-11)15-10-12-3-2-8-14-9-12/h2,4-9,12H,3,10H2,1H3. The van der Waals surface area contributed by atoms with E-state index in [0.717, 1.165) is 12.2 Å². The molecule has 1 atom stereocenters. The van der Waals surface area contributed by atoms with Gasteiger partial charge in [-0.15, -0.1) is 0 Å². The van der Waals surface area contributed by atoms with E-state index in [1.54, 1.807) is 0 Å². The molecule has 0 fully saturated rings. The van der Waals surface area contributed by atoms with Gasteiger partial charge in [0.25, 0.3) is 0 Å². The maximum absolute atomic E-state index is 5.68. The molecule has 0 amide bonds. The number of benzene rings is 1. The lowest BCUT2D eigenvalue weighted by atomic mass is 10.1. The highest BCUT2D eigenvalue weighted by Crippen LogP contribution is 2.14. The maximum atomic E-state index is 5.68. The Morgan fingerprint density at radius 2 is 2.13 bits per heavy atom. The number of allylic oxidation sites excluding steroid dienone is 1. The average Bonchev–Trinajstić information content (AvgIpc) is 2.30. The molecule has 1 heterocycles. The minimum absolute atomic E-state index is 0.413. The molecular weight excluding hydrogens is 186 g/mol. The summed E-state index contributed by atoms with van der Waals surface area (Å²) >= 11 is 0. The van der Waals surface area contributed by atoms with Gasteiger partial charge in [-0.3, -0.25) is 4.99 Å². The molecular formula is C13H15NO. The van der Waals surface area contributed by atoms with Crippen LogP contribution in [0, 0.1) is 12.8 Å². The van der Waals surface area contributed by atoms with Crippen LogP contribution in [-0.4, -0.2) is 12.8 Å². The van der Waals surface area contributed by atoms with Crippen molar-refractivity contribution in [1.82, 2.24) is 0 Å². The first-order valence-corrected chi connectivity index (χ1v) is 5.22. The van der Waals surface area contributed by atoms with E-state index < -0.39 is 0 Å². The van der Waals surface area contributed by atoms with E-state index in [1.165, 1.54) is 5.56 Å². The third-order valence-electron chi connectivity index (χ3n) is 2.41. The molecule has 0 aromatic heterocycles. The average molecular weight is 201 g/mol. The summed E-state index contributed by atoms with van der Waals surface area (Å²) in [6, 6.07) is 8.13. The monoisotopic (exact) mass is 201 g/mol. The van der Waals surface area contributed by atoms with Crippen molar-refractivity contribution in [1.29, 1.82) is 0 Å². The van der Waals surface area contributed by atoms with Gasteiger partial charge in [0.2, 0.25) is 0 Å². The number of aryl methyl sites for hydroxylation is 1. The molecule has 0 spiro atoms. The second kappa shape index (κ2) is 4.78. The molecule has 1 aromatic rings. The summed E-state index contributed by atoms with van der Waals surface area (Å²) in [6.07, 6.45) is 6.88. The third-order valence-corrected chi connectivity index (χ3v) is 2.41. The summed E-state index contributed by atoms with van der Waals surface area (Å²) in [5.41, 5.74) is 1.25. The Hall–Kier alpha value is -1.57. The van der Waals surface area contributed by atoms with Crippen molar-refractivity contribution < 1.29 is 4.74 Å². The molecule has 0 bridgehead atoms. The van der Waals surface area contributed by atoms with Crippen molar-refractivity contribution in [2.24, 2.45) is 10.9 Å². The summed E-state index contributed by atoms with van der Waals surface area (Å²) < 4.78 is 5.68. The molecule has 0 saturated heterocycles. The number of nitrogens with zero attached hydrogens (tertiary/aromatic N) is 1. The van der Waals surface area contributed by atoms with E-state index in [9.17, 15) is 0 Å². The molecule has 0 saturated carbocycles. The van der Waals surface area contributed by atoms with Gasteiger partial charge in [0, 0.05) is 18.3 Å². The molecule has 1 aliphatic rings. The number of hydrogen-bond donors (Lipinski definition) is 0. The molecule has 2 rings (SSSR count). The van der Waals surface area contributed by atoms with Gasteiger partial charge >= 0.3 is 0 Å². The summed E-state index contributed by atoms with van der Waals surface area (Å²) in [4.78, 5) is 4.10. The molecule has 2 heteroatoms. The summed E-state index contributed by atoms with van der Waals surface area (Å²) in [7, 11) is 0. The lowest BCUT2D eigenvalue weighted by Gasteiger charge is -2.13. The van der Waals surface area contributed by atoms with Crippen molar-refractivity contribution in [3.8, 4) is 5.75 Å². The Kier molecular flexibility index (Phi) is 3.18. The van der Waals surface area contributed by atoms with Gasteiger partial charge < -0.3 is 4.74 Å². The zero-order valence-corrected chi connectivity index (χ0v) is 8.89. The van der Waals surface area contributed by atoms with Gasteiger partial charge in [0.1, 0.15) is 5.75 Å². The van der Waals surface area contributed by atoms with Crippen LogP contribution in [0.5, 0.6) is 5.75 Å². The largest absolute Gasteiger partial charge is 0.493 e. The van der Waals surface area contributed by atoms with Gasteiger partial charge in [-0.05, 0) is 25.5 Å². The third kappa shape index (κ3) is 2.94. The molecule has 0 N–H and O–H groups in total. The van der Waals surface area contributed by atoms with Crippen LogP contribution in [0.3, 0.4) is 0 Å². The van der Waals surface area contributed by atoms with Crippen molar-refractivity contribution in [2.75, 3.05) is 6.61 Å². The molecule has 1 unspecified atom stereocenters. The van der Waals surface area contributed by atoms with Crippen molar-refractivity contribution in [3.05, 3.63) is 42.1 Å². The number of aliphatic imine (C=N–C) groups is 1. The number of rotatable bonds is 3. The van der Waals surface area contributed by atoms with Crippen molar-refractivity contribution in [3.63, 3.8) is 0 Å². The first-order chi connectivity index (χ1) is 7.34. The Bertz CT molecular complexity index is 365. The Morgan fingerprint density at radius 1 is 1.33 bits per heavy atom. The zero-order chi connectivity index (χ0) is 10.5. The van der Waals surface area contributed by atoms with E-state index in [2.05, 4.69) is 30.1 Å². The molecule has 0 aliphatic carbocycles. The molecule has 78 valence electrons. The predicted molar refractivity (Wildman–Crippen MR) is 62.4 cm³/mol. The van der Waals surface area contributed by atoms with Gasteiger partial charge in [-0.2, -0.15) is 0 Å². The smallest absolute Gasteiger partial charge is 0.119 e. The first-order valence-electron chi connectivity index (χ1n) is 5.22. The highest BCUT2D eigenvalue weighted by molar-refractivity contribution is 5.63. The van der Waals surface area contributed by atoms with Gasteiger partial charge in [-0.25, -0.2) is 0 Å². The summed E-state index contributed by atoms with van der Waals surface area (Å²) in [5.74, 6) is 1.35. The highest BCUT2D eigenvalue weighted by atomic mass is 16.5. The van der Waals surface area contributed by atoms with Crippen LogP contribution in [0.1, 0.15) is 12.0 Å². The number of hydrogen-bond acceptors (Lipinski definition) is 2.